The van der Waals surface area contributed by atoms with Crippen molar-refractivity contribution in [3.63, 3.8) is 0 Å². The normalized spacial score (nSPS) is 17.9. The lowest BCUT2D eigenvalue weighted by molar-refractivity contribution is -0.126. The van der Waals surface area contributed by atoms with Crippen LogP contribution < -0.4 is 5.32 Å². The Bertz CT molecular complexity index is 460. The third-order valence-electron chi connectivity index (χ3n) is 4.75. The lowest BCUT2D eigenvalue weighted by atomic mass is 9.88. The molecule has 2 rings (SSSR count). The maximum Gasteiger partial charge on any atom is 0.223 e. The fourth-order valence-electron chi connectivity index (χ4n) is 3.02. The molecule has 1 aliphatic carbocycles. The van der Waals surface area contributed by atoms with Crippen molar-refractivity contribution in [2.45, 2.75) is 57.9 Å². The van der Waals surface area contributed by atoms with E-state index in [4.69, 9.17) is 0 Å². The van der Waals surface area contributed by atoms with Crippen LogP contribution >= 0.6 is 15.9 Å². The number of hydrogen-bond acceptors (Lipinski definition) is 1. The zero-order chi connectivity index (χ0) is 14.8. The van der Waals surface area contributed by atoms with Crippen molar-refractivity contribution in [1.29, 1.82) is 0 Å². The van der Waals surface area contributed by atoms with E-state index in [2.05, 4.69) is 66.3 Å². The molecule has 0 aliphatic heterocycles. The van der Waals surface area contributed by atoms with Gasteiger partial charge in [0.2, 0.25) is 5.91 Å². The molecule has 1 aromatic carbocycles. The Balaban J connectivity index is 2.07. The summed E-state index contributed by atoms with van der Waals surface area (Å²) in [5, 5.41) is 3.25. The average molecular weight is 338 g/mol. The highest BCUT2D eigenvalue weighted by Gasteiger charge is 2.49. The second kappa shape index (κ2) is 6.30. The molecule has 1 aromatic rings. The molecule has 0 saturated heterocycles. The van der Waals surface area contributed by atoms with Gasteiger partial charge in [-0.25, -0.2) is 0 Å². The molecule has 2 nitrogen and oxygen atoms in total. The molecule has 0 bridgehead atoms. The van der Waals surface area contributed by atoms with E-state index in [9.17, 15) is 4.79 Å². The second-order valence-electron chi connectivity index (χ2n) is 5.91. The van der Waals surface area contributed by atoms with Gasteiger partial charge in [0.15, 0.2) is 0 Å². The number of nitrogens with one attached hydrogen (secondary N) is 1. The van der Waals surface area contributed by atoms with E-state index in [1.54, 1.807) is 0 Å². The molecule has 1 saturated carbocycles. The van der Waals surface area contributed by atoms with Crippen molar-refractivity contribution in [3.05, 3.63) is 34.3 Å². The van der Waals surface area contributed by atoms with Crippen molar-refractivity contribution in [1.82, 2.24) is 5.32 Å². The Morgan fingerprint density at radius 2 is 1.80 bits per heavy atom. The molecule has 3 heteroatoms. The quantitative estimate of drug-likeness (QED) is 0.817. The predicted octanol–water partition coefficient (Wildman–Crippen LogP) is 4.42. The van der Waals surface area contributed by atoms with Gasteiger partial charge in [-0.05, 0) is 50.3 Å². The Hall–Kier alpha value is -0.830. The van der Waals surface area contributed by atoms with E-state index in [1.165, 1.54) is 18.4 Å². The van der Waals surface area contributed by atoms with Gasteiger partial charge >= 0.3 is 0 Å². The molecular weight excluding hydrogens is 314 g/mol. The van der Waals surface area contributed by atoms with Gasteiger partial charge in [0.25, 0.3) is 0 Å². The maximum absolute atomic E-state index is 12.3. The Morgan fingerprint density at radius 3 is 2.25 bits per heavy atom. The summed E-state index contributed by atoms with van der Waals surface area (Å²) in [6.45, 7) is 6.31. The van der Waals surface area contributed by atoms with E-state index < -0.39 is 0 Å². The molecule has 1 unspecified atom stereocenters. The number of halogens is 1. The molecule has 1 N–H and O–H groups in total. The summed E-state index contributed by atoms with van der Waals surface area (Å²) >= 11 is 3.48. The van der Waals surface area contributed by atoms with Crippen LogP contribution in [0.25, 0.3) is 0 Å². The van der Waals surface area contributed by atoms with Crippen LogP contribution in [0.15, 0.2) is 28.7 Å². The highest BCUT2D eigenvalue weighted by molar-refractivity contribution is 9.10. The fourth-order valence-corrected chi connectivity index (χ4v) is 3.28. The summed E-state index contributed by atoms with van der Waals surface area (Å²) in [7, 11) is 0. The van der Waals surface area contributed by atoms with Gasteiger partial charge in [-0.2, -0.15) is 0 Å². The molecule has 0 spiro atoms. The first-order valence-electron chi connectivity index (χ1n) is 7.60. The predicted molar refractivity (Wildman–Crippen MR) is 86.7 cm³/mol. The number of carbonyl (C=O) groups excluding carboxylic acids is 1. The van der Waals surface area contributed by atoms with Gasteiger partial charge in [0.05, 0.1) is 0 Å². The van der Waals surface area contributed by atoms with E-state index >= 15 is 0 Å². The minimum absolute atomic E-state index is 0.151. The Labute approximate surface area is 130 Å². The highest BCUT2D eigenvalue weighted by Crippen LogP contribution is 2.51. The first-order valence-corrected chi connectivity index (χ1v) is 8.39. The van der Waals surface area contributed by atoms with Gasteiger partial charge in [-0.15, -0.1) is 0 Å². The minimum atomic E-state index is 0.151. The van der Waals surface area contributed by atoms with Crippen molar-refractivity contribution in [3.8, 4) is 0 Å². The van der Waals surface area contributed by atoms with Gasteiger partial charge < -0.3 is 5.32 Å². The van der Waals surface area contributed by atoms with Gasteiger partial charge in [0.1, 0.15) is 0 Å². The first-order chi connectivity index (χ1) is 9.53. The van der Waals surface area contributed by atoms with Crippen LogP contribution in [-0.4, -0.2) is 11.9 Å². The fraction of sp³-hybridized carbons (Fsp3) is 0.588. The zero-order valence-corrected chi connectivity index (χ0v) is 14.2. The Morgan fingerprint density at radius 1 is 1.25 bits per heavy atom. The summed E-state index contributed by atoms with van der Waals surface area (Å²) in [6.07, 6.45) is 4.17. The smallest absolute Gasteiger partial charge is 0.223 e. The minimum Gasteiger partial charge on any atom is -0.353 e. The van der Waals surface area contributed by atoms with Crippen LogP contribution in [0.5, 0.6) is 0 Å². The third-order valence-corrected chi connectivity index (χ3v) is 5.28. The number of hydrogen-bond donors (Lipinski definition) is 1. The standard InChI is InChI=1S/C17H24BrNO/c1-4-13(5-2)16(20)19-12(3)17(10-11-17)14-6-8-15(18)9-7-14/h6-9,12-13H,4-5,10-11H2,1-3H3,(H,19,20). The number of carbonyl (C=O) groups is 1. The lowest BCUT2D eigenvalue weighted by Gasteiger charge is -2.27. The van der Waals surface area contributed by atoms with Crippen molar-refractivity contribution < 1.29 is 4.79 Å². The maximum atomic E-state index is 12.3. The largest absolute Gasteiger partial charge is 0.353 e. The molecule has 1 atom stereocenters. The van der Waals surface area contributed by atoms with E-state index in [0.717, 1.165) is 17.3 Å². The van der Waals surface area contributed by atoms with Crippen molar-refractivity contribution >= 4 is 21.8 Å². The van der Waals surface area contributed by atoms with E-state index in [-0.39, 0.29) is 23.3 Å². The monoisotopic (exact) mass is 337 g/mol. The van der Waals surface area contributed by atoms with Crippen molar-refractivity contribution in [2.24, 2.45) is 5.92 Å². The number of benzene rings is 1. The number of rotatable bonds is 6. The lowest BCUT2D eigenvalue weighted by Crippen LogP contribution is -2.43. The van der Waals surface area contributed by atoms with Crippen LogP contribution in [-0.2, 0) is 10.2 Å². The molecular formula is C17H24BrNO. The van der Waals surface area contributed by atoms with Gasteiger partial charge in [-0.1, -0.05) is 41.9 Å². The van der Waals surface area contributed by atoms with Crippen LogP contribution in [0.4, 0.5) is 0 Å². The third kappa shape index (κ3) is 3.08. The number of amides is 1. The van der Waals surface area contributed by atoms with Crippen LogP contribution in [0, 0.1) is 5.92 Å². The highest BCUT2D eigenvalue weighted by atomic mass is 79.9. The molecule has 0 aromatic heterocycles. The Kier molecular flexibility index (Phi) is 4.90. The van der Waals surface area contributed by atoms with Crippen LogP contribution in [0.2, 0.25) is 0 Å². The average Bonchev–Trinajstić information content (AvgIpc) is 3.22. The molecule has 20 heavy (non-hydrogen) atoms. The zero-order valence-electron chi connectivity index (χ0n) is 12.6. The summed E-state index contributed by atoms with van der Waals surface area (Å²) in [6, 6.07) is 8.74. The topological polar surface area (TPSA) is 29.1 Å². The molecule has 0 heterocycles. The van der Waals surface area contributed by atoms with Crippen LogP contribution in [0.1, 0.15) is 52.0 Å². The van der Waals surface area contributed by atoms with E-state index in [1.807, 2.05) is 0 Å². The summed E-state index contributed by atoms with van der Waals surface area (Å²) in [4.78, 5) is 12.3. The molecule has 1 fully saturated rings. The van der Waals surface area contributed by atoms with Gasteiger partial charge in [0, 0.05) is 21.8 Å². The molecule has 1 aliphatic rings. The second-order valence-corrected chi connectivity index (χ2v) is 6.82. The van der Waals surface area contributed by atoms with Crippen molar-refractivity contribution in [2.75, 3.05) is 0 Å². The molecule has 1 amide bonds. The van der Waals surface area contributed by atoms with E-state index in [0.29, 0.717) is 0 Å². The SMILES string of the molecule is CCC(CC)C(=O)NC(C)C1(c2ccc(Br)cc2)CC1. The van der Waals surface area contributed by atoms with Gasteiger partial charge in [-0.3, -0.25) is 4.79 Å². The van der Waals surface area contributed by atoms with Crippen LogP contribution in [0.3, 0.4) is 0 Å². The summed E-state index contributed by atoms with van der Waals surface area (Å²) < 4.78 is 1.10. The first kappa shape index (κ1) is 15.6. The molecule has 0 radical (unpaired) electrons. The molecule has 110 valence electrons. The summed E-state index contributed by atoms with van der Waals surface area (Å²) in [5.41, 5.74) is 1.50. The summed E-state index contributed by atoms with van der Waals surface area (Å²) in [5.74, 6) is 0.365.